The third kappa shape index (κ3) is 2.36. The second-order valence-corrected chi connectivity index (χ2v) is 4.72. The topological polar surface area (TPSA) is 102 Å². The van der Waals surface area contributed by atoms with E-state index in [9.17, 15) is 14.7 Å². The molecule has 3 N–H and O–H groups in total. The van der Waals surface area contributed by atoms with Gasteiger partial charge in [0.15, 0.2) is 0 Å². The molecule has 0 spiro atoms. The number of H-pyrrole nitrogens is 1. The Hall–Kier alpha value is -1.80. The van der Waals surface area contributed by atoms with E-state index in [0.717, 1.165) is 0 Å². The number of hydrogen-bond acceptors (Lipinski definition) is 6. The summed E-state index contributed by atoms with van der Waals surface area (Å²) in [5, 5.41) is 18.2. The van der Waals surface area contributed by atoms with E-state index in [1.54, 1.807) is 19.0 Å². The van der Waals surface area contributed by atoms with Gasteiger partial charge in [-0.25, -0.2) is 4.79 Å². The number of fused-ring (bicyclic) bond motifs is 1. The lowest BCUT2D eigenvalue weighted by Gasteiger charge is -2.21. The summed E-state index contributed by atoms with van der Waals surface area (Å²) in [7, 11) is 3.35. The van der Waals surface area contributed by atoms with E-state index in [1.165, 1.54) is 4.57 Å². The zero-order chi connectivity index (χ0) is 14.2. The first kappa shape index (κ1) is 13.6. The SMILES string of the molecule is CN1CN(CCC(O)CO)c2c1c(=O)[nH]c(=O)n2C. The van der Waals surface area contributed by atoms with Gasteiger partial charge >= 0.3 is 5.69 Å². The minimum absolute atomic E-state index is 0.301. The number of anilines is 2. The van der Waals surface area contributed by atoms with Gasteiger partial charge in [-0.2, -0.15) is 0 Å². The summed E-state index contributed by atoms with van der Waals surface area (Å²) in [5.41, 5.74) is -0.432. The van der Waals surface area contributed by atoms with Crippen molar-refractivity contribution in [2.45, 2.75) is 12.5 Å². The molecule has 0 amide bonds. The molecule has 0 bridgehead atoms. The van der Waals surface area contributed by atoms with Crippen LogP contribution in [0.15, 0.2) is 9.59 Å². The molecule has 0 radical (unpaired) electrons. The summed E-state index contributed by atoms with van der Waals surface area (Å²) in [6, 6.07) is 0. The van der Waals surface area contributed by atoms with Gasteiger partial charge in [-0.15, -0.1) is 0 Å². The minimum atomic E-state index is -0.798. The Labute approximate surface area is 109 Å². The quantitative estimate of drug-likeness (QED) is 0.586. The van der Waals surface area contributed by atoms with Crippen molar-refractivity contribution in [1.82, 2.24) is 9.55 Å². The van der Waals surface area contributed by atoms with E-state index in [1.807, 2.05) is 4.90 Å². The van der Waals surface area contributed by atoms with E-state index < -0.39 is 17.4 Å². The Morgan fingerprint density at radius 3 is 2.68 bits per heavy atom. The maximum absolute atomic E-state index is 11.8. The predicted molar refractivity (Wildman–Crippen MR) is 70.6 cm³/mol. The molecule has 1 aliphatic heterocycles. The normalized spacial score (nSPS) is 15.8. The first-order valence-electron chi connectivity index (χ1n) is 6.04. The van der Waals surface area contributed by atoms with Gasteiger partial charge in [-0.1, -0.05) is 0 Å². The van der Waals surface area contributed by atoms with Crippen molar-refractivity contribution < 1.29 is 10.2 Å². The Balaban J connectivity index is 2.35. The van der Waals surface area contributed by atoms with E-state index in [4.69, 9.17) is 5.11 Å². The van der Waals surface area contributed by atoms with Crippen LogP contribution in [0.1, 0.15) is 6.42 Å². The monoisotopic (exact) mass is 270 g/mol. The molecule has 1 aliphatic rings. The van der Waals surface area contributed by atoms with E-state index in [-0.39, 0.29) is 6.61 Å². The van der Waals surface area contributed by atoms with E-state index in [0.29, 0.717) is 31.1 Å². The van der Waals surface area contributed by atoms with Gasteiger partial charge in [0.05, 0.1) is 19.4 Å². The molecule has 19 heavy (non-hydrogen) atoms. The van der Waals surface area contributed by atoms with E-state index >= 15 is 0 Å². The molecule has 8 heteroatoms. The van der Waals surface area contributed by atoms with Crippen molar-refractivity contribution in [2.24, 2.45) is 7.05 Å². The maximum atomic E-state index is 11.8. The Morgan fingerprint density at radius 1 is 1.37 bits per heavy atom. The number of aliphatic hydroxyl groups excluding tert-OH is 2. The fourth-order valence-electron chi connectivity index (χ4n) is 2.27. The molecule has 1 aromatic heterocycles. The van der Waals surface area contributed by atoms with Crippen molar-refractivity contribution in [1.29, 1.82) is 0 Å². The largest absolute Gasteiger partial charge is 0.394 e. The van der Waals surface area contributed by atoms with Crippen LogP contribution < -0.4 is 21.0 Å². The molecule has 1 unspecified atom stereocenters. The molecular formula is C11H18N4O4. The summed E-state index contributed by atoms with van der Waals surface area (Å²) in [6.07, 6.45) is -0.432. The first-order chi connectivity index (χ1) is 8.95. The average molecular weight is 270 g/mol. The van der Waals surface area contributed by atoms with Crippen LogP contribution in [0.25, 0.3) is 0 Å². The number of nitrogens with one attached hydrogen (secondary N) is 1. The second kappa shape index (κ2) is 5.06. The molecule has 0 aliphatic carbocycles. The zero-order valence-electron chi connectivity index (χ0n) is 11.0. The molecule has 0 fully saturated rings. The molecule has 0 aromatic carbocycles. The standard InChI is InChI=1S/C11H18N4O4/c1-13-6-15(4-3-7(17)5-16)10-8(13)9(18)12-11(19)14(10)2/h7,16-17H,3-6H2,1-2H3,(H,12,18,19). The molecule has 106 valence electrons. The molecule has 0 saturated carbocycles. The lowest BCUT2D eigenvalue weighted by molar-refractivity contribution is 0.0898. The van der Waals surface area contributed by atoms with Crippen LogP contribution in [0.2, 0.25) is 0 Å². The highest BCUT2D eigenvalue weighted by Gasteiger charge is 2.29. The molecule has 0 saturated heterocycles. The molecule has 8 nitrogen and oxygen atoms in total. The van der Waals surface area contributed by atoms with Gasteiger partial charge in [-0.3, -0.25) is 14.3 Å². The summed E-state index contributed by atoms with van der Waals surface area (Å²) in [5.74, 6) is 0.543. The van der Waals surface area contributed by atoms with Crippen molar-refractivity contribution in [3.05, 3.63) is 20.8 Å². The van der Waals surface area contributed by atoms with Crippen LogP contribution in [0.5, 0.6) is 0 Å². The Kier molecular flexibility index (Phi) is 3.63. The summed E-state index contributed by atoms with van der Waals surface area (Å²) in [4.78, 5) is 29.3. The molecular weight excluding hydrogens is 252 g/mol. The maximum Gasteiger partial charge on any atom is 0.329 e. The van der Waals surface area contributed by atoms with Crippen LogP contribution in [0.3, 0.4) is 0 Å². The van der Waals surface area contributed by atoms with Crippen molar-refractivity contribution >= 4 is 11.5 Å². The fourth-order valence-corrected chi connectivity index (χ4v) is 2.27. The van der Waals surface area contributed by atoms with Crippen LogP contribution >= 0.6 is 0 Å². The average Bonchev–Trinajstić information content (AvgIpc) is 2.70. The number of hydrogen-bond donors (Lipinski definition) is 3. The number of aromatic nitrogens is 2. The molecule has 1 aromatic rings. The number of aliphatic hydroxyl groups is 2. The summed E-state index contributed by atoms with van der Waals surface area (Å²) >= 11 is 0. The highest BCUT2D eigenvalue weighted by molar-refractivity contribution is 5.71. The highest BCUT2D eigenvalue weighted by atomic mass is 16.3. The van der Waals surface area contributed by atoms with Crippen molar-refractivity contribution in [3.8, 4) is 0 Å². The Morgan fingerprint density at radius 2 is 2.05 bits per heavy atom. The molecule has 1 atom stereocenters. The van der Waals surface area contributed by atoms with Gasteiger partial charge in [-0.05, 0) is 6.42 Å². The Bertz CT molecular complexity index is 579. The highest BCUT2D eigenvalue weighted by Crippen LogP contribution is 2.29. The van der Waals surface area contributed by atoms with E-state index in [2.05, 4.69) is 4.98 Å². The van der Waals surface area contributed by atoms with Gasteiger partial charge in [0.25, 0.3) is 5.56 Å². The third-order valence-corrected chi connectivity index (χ3v) is 3.28. The van der Waals surface area contributed by atoms with Crippen LogP contribution in [0, 0.1) is 0 Å². The summed E-state index contributed by atoms with van der Waals surface area (Å²) in [6.45, 7) is 0.620. The third-order valence-electron chi connectivity index (χ3n) is 3.28. The number of nitrogens with zero attached hydrogens (tertiary/aromatic N) is 3. The van der Waals surface area contributed by atoms with Gasteiger partial charge < -0.3 is 20.0 Å². The fraction of sp³-hybridized carbons (Fsp3) is 0.636. The van der Waals surface area contributed by atoms with Gasteiger partial charge in [0.2, 0.25) is 0 Å². The minimum Gasteiger partial charge on any atom is -0.394 e. The lowest BCUT2D eigenvalue weighted by atomic mass is 10.2. The van der Waals surface area contributed by atoms with Crippen LogP contribution in [0.4, 0.5) is 11.5 Å². The van der Waals surface area contributed by atoms with Crippen LogP contribution in [-0.2, 0) is 7.05 Å². The van der Waals surface area contributed by atoms with Crippen molar-refractivity contribution in [3.63, 3.8) is 0 Å². The van der Waals surface area contributed by atoms with Crippen molar-refractivity contribution in [2.75, 3.05) is 36.7 Å². The molecule has 2 heterocycles. The number of rotatable bonds is 4. The van der Waals surface area contributed by atoms with Gasteiger partial charge in [0, 0.05) is 20.6 Å². The second-order valence-electron chi connectivity index (χ2n) is 4.72. The summed E-state index contributed by atoms with van der Waals surface area (Å²) < 4.78 is 1.38. The lowest BCUT2D eigenvalue weighted by Crippen LogP contribution is -2.34. The first-order valence-corrected chi connectivity index (χ1v) is 6.04. The predicted octanol–water partition coefficient (Wildman–Crippen LogP) is -1.97. The molecule has 2 rings (SSSR count). The zero-order valence-corrected chi connectivity index (χ0v) is 11.0. The number of aromatic amines is 1. The smallest absolute Gasteiger partial charge is 0.329 e. The van der Waals surface area contributed by atoms with Gasteiger partial charge in [0.1, 0.15) is 11.5 Å². The van der Waals surface area contributed by atoms with Crippen LogP contribution in [-0.4, -0.2) is 52.7 Å².